The van der Waals surface area contributed by atoms with Crippen molar-refractivity contribution in [2.45, 2.75) is 64.3 Å². The van der Waals surface area contributed by atoms with Gasteiger partial charge in [-0.25, -0.2) is 4.79 Å². The van der Waals surface area contributed by atoms with Crippen LogP contribution in [0.15, 0.2) is 42.5 Å². The van der Waals surface area contributed by atoms with Crippen LogP contribution < -0.4 is 5.48 Å². The van der Waals surface area contributed by atoms with E-state index in [-0.39, 0.29) is 16.9 Å². The minimum Gasteiger partial charge on any atom is -0.478 e. The van der Waals surface area contributed by atoms with Crippen molar-refractivity contribution in [2.75, 3.05) is 0 Å². The van der Waals surface area contributed by atoms with Gasteiger partial charge >= 0.3 is 5.97 Å². The predicted molar refractivity (Wildman–Crippen MR) is 116 cm³/mol. The van der Waals surface area contributed by atoms with Crippen molar-refractivity contribution in [2.24, 2.45) is 0 Å². The summed E-state index contributed by atoms with van der Waals surface area (Å²) in [5.41, 5.74) is 9.27. The standard InChI is InChI=1S/C25H31NO3/c1-16-13-20-21(25(4,5)12-11-24(20,2)3)15-19(16)23(26-29)18-8-6-7-17(14-18)9-10-22(27)28/h6-10,13-15,23,26,29H,11-12H2,1-5H3,(H,27,28). The smallest absolute Gasteiger partial charge is 0.328 e. The van der Waals surface area contributed by atoms with Crippen molar-refractivity contribution >= 4 is 12.0 Å². The van der Waals surface area contributed by atoms with Gasteiger partial charge in [0.05, 0.1) is 6.04 Å². The Morgan fingerprint density at radius 3 is 2.28 bits per heavy atom. The molecule has 2 aromatic carbocycles. The number of benzene rings is 2. The molecule has 4 nitrogen and oxygen atoms in total. The number of fused-ring (bicyclic) bond motifs is 1. The number of aliphatic carboxylic acids is 1. The maximum atomic E-state index is 10.8. The van der Waals surface area contributed by atoms with Crippen molar-refractivity contribution in [1.29, 1.82) is 0 Å². The summed E-state index contributed by atoms with van der Waals surface area (Å²) in [5.74, 6) is -0.984. The third kappa shape index (κ3) is 4.29. The first kappa shape index (κ1) is 21.3. The molecule has 1 aliphatic carbocycles. The zero-order valence-corrected chi connectivity index (χ0v) is 17.9. The van der Waals surface area contributed by atoms with E-state index in [0.717, 1.165) is 41.2 Å². The molecule has 0 radical (unpaired) electrons. The number of carboxylic acids is 1. The Hall–Kier alpha value is -2.43. The van der Waals surface area contributed by atoms with Crippen molar-refractivity contribution < 1.29 is 15.1 Å². The van der Waals surface area contributed by atoms with Crippen LogP contribution in [0.2, 0.25) is 0 Å². The average molecular weight is 394 g/mol. The monoisotopic (exact) mass is 393 g/mol. The molecule has 0 fully saturated rings. The number of rotatable bonds is 5. The molecule has 0 saturated carbocycles. The van der Waals surface area contributed by atoms with E-state index >= 15 is 0 Å². The van der Waals surface area contributed by atoms with Crippen LogP contribution in [0.1, 0.15) is 80.0 Å². The summed E-state index contributed by atoms with van der Waals surface area (Å²) < 4.78 is 0. The van der Waals surface area contributed by atoms with Gasteiger partial charge in [0.25, 0.3) is 0 Å². The van der Waals surface area contributed by atoms with Crippen molar-refractivity contribution in [3.63, 3.8) is 0 Å². The number of carbonyl (C=O) groups is 1. The Bertz CT molecular complexity index is 957. The number of hydrogen-bond donors (Lipinski definition) is 3. The van der Waals surface area contributed by atoms with E-state index in [4.69, 9.17) is 5.11 Å². The highest BCUT2D eigenvalue weighted by Crippen LogP contribution is 2.47. The first-order valence-electron chi connectivity index (χ1n) is 10.1. The summed E-state index contributed by atoms with van der Waals surface area (Å²) in [6.45, 7) is 11.3. The quantitative estimate of drug-likeness (QED) is 0.463. The number of hydroxylamine groups is 1. The topological polar surface area (TPSA) is 69.6 Å². The predicted octanol–water partition coefficient (Wildman–Crippen LogP) is 5.51. The fourth-order valence-corrected chi connectivity index (χ4v) is 4.38. The van der Waals surface area contributed by atoms with Gasteiger partial charge in [0.2, 0.25) is 0 Å². The summed E-state index contributed by atoms with van der Waals surface area (Å²) in [7, 11) is 0. The molecule has 0 bridgehead atoms. The highest BCUT2D eigenvalue weighted by Gasteiger charge is 2.38. The number of nitrogens with one attached hydrogen (secondary N) is 1. The average Bonchev–Trinajstić information content (AvgIpc) is 2.66. The number of hydrogen-bond acceptors (Lipinski definition) is 3. The molecule has 0 aromatic heterocycles. The second-order valence-electron chi connectivity index (χ2n) is 9.43. The summed E-state index contributed by atoms with van der Waals surface area (Å²) in [6.07, 6.45) is 4.97. The molecule has 1 unspecified atom stereocenters. The van der Waals surface area contributed by atoms with Crippen LogP contribution in [-0.4, -0.2) is 16.3 Å². The largest absolute Gasteiger partial charge is 0.478 e. The fraction of sp³-hybridized carbons (Fsp3) is 0.400. The molecule has 0 amide bonds. The van der Waals surface area contributed by atoms with E-state index < -0.39 is 5.97 Å². The molecule has 3 N–H and O–H groups in total. The lowest BCUT2D eigenvalue weighted by atomic mass is 9.62. The lowest BCUT2D eigenvalue weighted by molar-refractivity contribution is -0.131. The number of carboxylic acid groups (broad SMARTS) is 1. The van der Waals surface area contributed by atoms with Gasteiger partial charge in [0.1, 0.15) is 0 Å². The van der Waals surface area contributed by atoms with E-state index in [1.165, 1.54) is 11.1 Å². The van der Waals surface area contributed by atoms with Crippen LogP contribution >= 0.6 is 0 Å². The van der Waals surface area contributed by atoms with Crippen molar-refractivity contribution in [3.05, 3.63) is 75.9 Å². The van der Waals surface area contributed by atoms with E-state index in [0.29, 0.717) is 0 Å². The highest BCUT2D eigenvalue weighted by molar-refractivity contribution is 5.85. The minimum atomic E-state index is -0.984. The SMILES string of the molecule is Cc1cc2c(cc1C(NO)c1cccc(C=CC(=O)O)c1)C(C)(C)CCC2(C)C. The molecule has 4 heteroatoms. The lowest BCUT2D eigenvalue weighted by Crippen LogP contribution is -2.34. The zero-order chi connectivity index (χ0) is 21.4. The third-order valence-electron chi connectivity index (χ3n) is 6.34. The first-order chi connectivity index (χ1) is 13.5. The van der Waals surface area contributed by atoms with Crippen LogP contribution in [0, 0.1) is 6.92 Å². The third-order valence-corrected chi connectivity index (χ3v) is 6.34. The molecule has 0 heterocycles. The Morgan fingerprint density at radius 1 is 1.07 bits per heavy atom. The second-order valence-corrected chi connectivity index (χ2v) is 9.43. The van der Waals surface area contributed by atoms with Crippen molar-refractivity contribution in [3.8, 4) is 0 Å². The zero-order valence-electron chi connectivity index (χ0n) is 17.9. The van der Waals surface area contributed by atoms with E-state index in [2.05, 4.69) is 52.2 Å². The molecule has 0 spiro atoms. The Morgan fingerprint density at radius 2 is 1.69 bits per heavy atom. The van der Waals surface area contributed by atoms with Gasteiger partial charge in [0, 0.05) is 6.08 Å². The molecule has 0 aliphatic heterocycles. The number of aryl methyl sites for hydroxylation is 1. The molecule has 1 aliphatic rings. The van der Waals surface area contributed by atoms with Crippen LogP contribution in [0.3, 0.4) is 0 Å². The summed E-state index contributed by atoms with van der Waals surface area (Å²) >= 11 is 0. The summed E-state index contributed by atoms with van der Waals surface area (Å²) in [6, 6.07) is 11.7. The Kier molecular flexibility index (Phi) is 5.70. The molecule has 3 rings (SSSR count). The van der Waals surface area contributed by atoms with Gasteiger partial charge in [-0.1, -0.05) is 58.0 Å². The van der Waals surface area contributed by atoms with Gasteiger partial charge in [-0.2, -0.15) is 5.48 Å². The Labute approximate surface area is 173 Å². The van der Waals surface area contributed by atoms with Crippen molar-refractivity contribution in [1.82, 2.24) is 5.48 Å². The van der Waals surface area contributed by atoms with Crippen LogP contribution in [-0.2, 0) is 15.6 Å². The highest BCUT2D eigenvalue weighted by atomic mass is 16.5. The lowest BCUT2D eigenvalue weighted by Gasteiger charge is -2.42. The normalized spacial score (nSPS) is 18.4. The Balaban J connectivity index is 2.10. The van der Waals surface area contributed by atoms with Crippen LogP contribution in [0.4, 0.5) is 0 Å². The molecule has 0 saturated heterocycles. The van der Waals surface area contributed by atoms with Gasteiger partial charge in [-0.3, -0.25) is 0 Å². The maximum absolute atomic E-state index is 10.8. The molecule has 2 aromatic rings. The molecule has 29 heavy (non-hydrogen) atoms. The molecular weight excluding hydrogens is 362 g/mol. The molecule has 154 valence electrons. The van der Waals surface area contributed by atoms with Crippen LogP contribution in [0.25, 0.3) is 6.08 Å². The summed E-state index contributed by atoms with van der Waals surface area (Å²) in [5, 5.41) is 18.9. The minimum absolute atomic E-state index is 0.0827. The van der Waals surface area contributed by atoms with Gasteiger partial charge in [0.15, 0.2) is 0 Å². The van der Waals surface area contributed by atoms with Gasteiger partial charge in [-0.15, -0.1) is 0 Å². The van der Waals surface area contributed by atoms with Crippen LogP contribution in [0.5, 0.6) is 0 Å². The maximum Gasteiger partial charge on any atom is 0.328 e. The van der Waals surface area contributed by atoms with E-state index in [1.807, 2.05) is 24.3 Å². The molecule has 1 atom stereocenters. The summed E-state index contributed by atoms with van der Waals surface area (Å²) in [4.78, 5) is 10.8. The van der Waals surface area contributed by atoms with E-state index in [1.54, 1.807) is 6.08 Å². The second kappa shape index (κ2) is 7.77. The van der Waals surface area contributed by atoms with Gasteiger partial charge in [-0.05, 0) is 76.1 Å². The van der Waals surface area contributed by atoms with E-state index in [9.17, 15) is 10.0 Å². The van der Waals surface area contributed by atoms with Gasteiger partial charge < -0.3 is 10.3 Å². The first-order valence-corrected chi connectivity index (χ1v) is 10.1. The molecular formula is C25H31NO3. The fourth-order valence-electron chi connectivity index (χ4n) is 4.38.